The van der Waals surface area contributed by atoms with Crippen LogP contribution in [-0.2, 0) is 23.6 Å². The summed E-state index contributed by atoms with van der Waals surface area (Å²) in [4.78, 5) is 11.5. The highest BCUT2D eigenvalue weighted by atomic mass is 16.7. The molecule has 0 amide bonds. The largest absolute Gasteiger partial charge is 0.666 e. The minimum absolute atomic E-state index is 0.0634. The molecule has 2 fully saturated rings. The molecule has 1 aromatic rings. The summed E-state index contributed by atoms with van der Waals surface area (Å²) >= 11 is 0. The van der Waals surface area contributed by atoms with Gasteiger partial charge in [0, 0.05) is 36.3 Å². The summed E-state index contributed by atoms with van der Waals surface area (Å²) in [7, 11) is 0. The summed E-state index contributed by atoms with van der Waals surface area (Å²) in [5, 5.41) is 9.41. The van der Waals surface area contributed by atoms with E-state index in [2.05, 4.69) is 48.8 Å². The number of carboxylic acids is 1. The van der Waals surface area contributed by atoms with Crippen LogP contribution in [0.4, 0.5) is 0 Å². The second kappa shape index (κ2) is 7.44. The Morgan fingerprint density at radius 1 is 1.16 bits per heavy atom. The van der Waals surface area contributed by atoms with Crippen LogP contribution < -0.4 is 0 Å². The van der Waals surface area contributed by atoms with Crippen molar-refractivity contribution in [1.29, 1.82) is 0 Å². The van der Waals surface area contributed by atoms with Gasteiger partial charge in [0.15, 0.2) is 5.70 Å². The lowest BCUT2D eigenvalue weighted by Gasteiger charge is -2.49. The third-order valence-electron chi connectivity index (χ3n) is 6.61. The first-order chi connectivity index (χ1) is 14.8. The highest BCUT2D eigenvalue weighted by Crippen LogP contribution is 2.44. The minimum Gasteiger partial charge on any atom is -0.481 e. The molecular formula is C22H29BN2O6. The zero-order chi connectivity index (χ0) is 21.9. The van der Waals surface area contributed by atoms with Crippen LogP contribution in [0.5, 0.6) is 0 Å². The number of ether oxygens (including phenoxy) is 2. The zero-order valence-corrected chi connectivity index (χ0v) is 18.5. The molecule has 1 aromatic heterocycles. The number of allylic oxidation sites excluding steroid dienone is 3. The number of rotatable bonds is 7. The molecular weight excluding hydrogens is 399 g/mol. The van der Waals surface area contributed by atoms with Crippen molar-refractivity contribution in [2.24, 2.45) is 0 Å². The van der Waals surface area contributed by atoms with Gasteiger partial charge in [-0.1, -0.05) is 0 Å². The topological polar surface area (TPSA) is 82.2 Å². The molecule has 5 heterocycles. The zero-order valence-electron chi connectivity index (χ0n) is 18.5. The number of fused-ring (bicyclic) bond motifs is 2. The van der Waals surface area contributed by atoms with Crippen LogP contribution in [0.25, 0.3) is 5.57 Å². The van der Waals surface area contributed by atoms with Crippen molar-refractivity contribution >= 4 is 24.1 Å². The molecule has 0 spiro atoms. The van der Waals surface area contributed by atoms with E-state index in [9.17, 15) is 9.90 Å². The summed E-state index contributed by atoms with van der Waals surface area (Å²) in [5.74, 6) is -0.805. The molecule has 2 saturated heterocycles. The Bertz CT molecular complexity index is 1030. The highest BCUT2D eigenvalue weighted by Gasteiger charge is 2.59. The Balaban J connectivity index is 1.75. The van der Waals surface area contributed by atoms with Crippen molar-refractivity contribution in [3.8, 4) is 0 Å². The van der Waals surface area contributed by atoms with Crippen LogP contribution in [0.1, 0.15) is 43.6 Å². The van der Waals surface area contributed by atoms with Crippen LogP contribution >= 0.6 is 0 Å². The fourth-order valence-corrected chi connectivity index (χ4v) is 5.30. The Morgan fingerprint density at radius 2 is 1.77 bits per heavy atom. The molecule has 0 atom stereocenters. The van der Waals surface area contributed by atoms with Gasteiger partial charge >= 0.3 is 12.8 Å². The normalized spacial score (nSPS) is 22.8. The monoisotopic (exact) mass is 428 g/mol. The summed E-state index contributed by atoms with van der Waals surface area (Å²) in [6.07, 6.45) is 2.51. The molecule has 0 aliphatic carbocycles. The molecule has 166 valence electrons. The summed E-state index contributed by atoms with van der Waals surface area (Å²) in [5.41, 5.74) is 7.28. The van der Waals surface area contributed by atoms with Crippen molar-refractivity contribution in [2.45, 2.75) is 52.7 Å². The van der Waals surface area contributed by atoms with E-state index >= 15 is 0 Å². The van der Waals surface area contributed by atoms with E-state index in [1.165, 1.54) is 0 Å². The van der Waals surface area contributed by atoms with Gasteiger partial charge in [0.25, 0.3) is 0 Å². The molecule has 4 aliphatic heterocycles. The van der Waals surface area contributed by atoms with Crippen molar-refractivity contribution in [3.05, 3.63) is 40.4 Å². The van der Waals surface area contributed by atoms with Gasteiger partial charge in [-0.3, -0.25) is 4.79 Å². The second-order valence-electron chi connectivity index (χ2n) is 8.97. The van der Waals surface area contributed by atoms with E-state index < -0.39 is 12.8 Å². The first-order valence-electron chi connectivity index (χ1n) is 10.9. The van der Waals surface area contributed by atoms with Crippen molar-refractivity contribution in [3.63, 3.8) is 0 Å². The van der Waals surface area contributed by atoms with Gasteiger partial charge in [-0.05, 0) is 44.5 Å². The van der Waals surface area contributed by atoms with Gasteiger partial charge in [-0.15, -0.1) is 0 Å². The van der Waals surface area contributed by atoms with E-state index in [0.29, 0.717) is 32.8 Å². The fraction of sp³-hybridized carbons (Fsp3) is 0.545. The maximum atomic E-state index is 11.5. The van der Waals surface area contributed by atoms with Crippen LogP contribution in [0.3, 0.4) is 0 Å². The van der Waals surface area contributed by atoms with Crippen molar-refractivity contribution < 1.29 is 33.2 Å². The number of aryl methyl sites for hydroxylation is 2. The predicted molar refractivity (Wildman–Crippen MR) is 115 cm³/mol. The summed E-state index contributed by atoms with van der Waals surface area (Å²) < 4.78 is 28.8. The molecule has 0 bridgehead atoms. The number of carbonyl (C=O) groups is 1. The third kappa shape index (κ3) is 3.14. The summed E-state index contributed by atoms with van der Waals surface area (Å²) in [6, 6.07) is 2.13. The minimum atomic E-state index is -2.12. The lowest BCUT2D eigenvalue weighted by Crippen LogP contribution is -2.68. The number of nitrogens with zero attached hydrogens (tertiary/aromatic N) is 2. The van der Waals surface area contributed by atoms with Gasteiger partial charge in [0.05, 0.1) is 38.6 Å². The van der Waals surface area contributed by atoms with Crippen LogP contribution in [0, 0.1) is 13.8 Å². The highest BCUT2D eigenvalue weighted by molar-refractivity contribution is 6.60. The number of aromatic nitrogens is 1. The Morgan fingerprint density at radius 3 is 2.29 bits per heavy atom. The maximum Gasteiger partial charge on any atom is 0.666 e. The van der Waals surface area contributed by atoms with E-state index in [0.717, 1.165) is 39.5 Å². The van der Waals surface area contributed by atoms with E-state index in [1.54, 1.807) is 0 Å². The summed E-state index contributed by atoms with van der Waals surface area (Å²) in [6.45, 7) is 8.27. The lowest BCUT2D eigenvalue weighted by molar-refractivity contribution is -0.398. The standard InChI is InChI=1S/C22H29BN2O6/c1-13-7-15(3)24-21(13)19(5-6-20(26)27)22-14(2)8-16(4)25(22)23(24,30-17-9-28-10-17)31-18-11-29-12-18/h7-8,17-18H,5-6,9-12H2,1-4H3,(H,26,27). The molecule has 0 radical (unpaired) electrons. The van der Waals surface area contributed by atoms with Crippen LogP contribution in [0.15, 0.2) is 23.4 Å². The van der Waals surface area contributed by atoms with Crippen molar-refractivity contribution in [2.75, 3.05) is 26.4 Å². The fourth-order valence-electron chi connectivity index (χ4n) is 5.30. The average molecular weight is 428 g/mol. The molecule has 0 saturated carbocycles. The first-order valence-corrected chi connectivity index (χ1v) is 10.9. The van der Waals surface area contributed by atoms with Gasteiger partial charge < -0.3 is 32.9 Å². The third-order valence-corrected chi connectivity index (χ3v) is 6.61. The smallest absolute Gasteiger partial charge is 0.481 e. The Hall–Kier alpha value is -2.20. The van der Waals surface area contributed by atoms with Crippen LogP contribution in [-0.4, -0.2) is 71.2 Å². The van der Waals surface area contributed by atoms with E-state index in [4.69, 9.17) is 18.8 Å². The quantitative estimate of drug-likeness (QED) is 0.671. The molecule has 1 N–H and O–H groups in total. The molecule has 31 heavy (non-hydrogen) atoms. The SMILES string of the molecule is CC1=CC(C)=[N+]2C1=C(CCC(=O)O)c1c(C)cc(C)n1[B-]2(OC1COC1)OC1COC1. The van der Waals surface area contributed by atoms with E-state index in [1.807, 2.05) is 0 Å². The number of hydrogen-bond acceptors (Lipinski definition) is 5. The van der Waals surface area contributed by atoms with Gasteiger partial charge in [-0.2, -0.15) is 0 Å². The molecule has 8 nitrogen and oxygen atoms in total. The Kier molecular flexibility index (Phi) is 4.97. The van der Waals surface area contributed by atoms with Crippen LogP contribution in [0.2, 0.25) is 0 Å². The molecule has 0 unspecified atom stereocenters. The Labute approximate surface area is 181 Å². The van der Waals surface area contributed by atoms with Gasteiger partial charge in [-0.25, -0.2) is 0 Å². The average Bonchev–Trinajstić information content (AvgIpc) is 3.10. The molecule has 0 aromatic carbocycles. The first kappa shape index (κ1) is 20.7. The number of carboxylic acid groups (broad SMARTS) is 1. The maximum absolute atomic E-state index is 11.5. The van der Waals surface area contributed by atoms with Gasteiger partial charge in [0.1, 0.15) is 5.71 Å². The van der Waals surface area contributed by atoms with Gasteiger partial charge in [0.2, 0.25) is 0 Å². The molecule has 5 rings (SSSR count). The molecule has 9 heteroatoms. The predicted octanol–water partition coefficient (Wildman–Crippen LogP) is 2.24. The molecule has 4 aliphatic rings. The second-order valence-corrected chi connectivity index (χ2v) is 8.97. The number of aliphatic carboxylic acids is 1. The lowest BCUT2D eigenvalue weighted by atomic mass is 9.77. The van der Waals surface area contributed by atoms with E-state index in [-0.39, 0.29) is 18.6 Å². The number of hydrogen-bond donors (Lipinski definition) is 1. The van der Waals surface area contributed by atoms with Crippen molar-refractivity contribution in [1.82, 2.24) is 4.48 Å².